The van der Waals surface area contributed by atoms with Gasteiger partial charge < -0.3 is 14.7 Å². The van der Waals surface area contributed by atoms with Crippen molar-refractivity contribution < 1.29 is 4.42 Å². The van der Waals surface area contributed by atoms with Crippen LogP contribution in [0.2, 0.25) is 5.15 Å². The van der Waals surface area contributed by atoms with E-state index < -0.39 is 0 Å². The van der Waals surface area contributed by atoms with E-state index in [1.54, 1.807) is 0 Å². The molecule has 0 atom stereocenters. The summed E-state index contributed by atoms with van der Waals surface area (Å²) in [6.45, 7) is 2.44. The molecule has 2 heterocycles. The van der Waals surface area contributed by atoms with Crippen LogP contribution < -0.4 is 5.73 Å². The first-order valence-electron chi connectivity index (χ1n) is 5.11. The SMILES string of the molecule is Cc1ccc(-c2nc(CCN)n(C)c2Cl)o1. The first-order valence-corrected chi connectivity index (χ1v) is 5.49. The maximum atomic E-state index is 6.19. The number of nitrogens with zero attached hydrogens (tertiary/aromatic N) is 2. The molecule has 0 aliphatic rings. The van der Waals surface area contributed by atoms with E-state index in [0.717, 1.165) is 11.6 Å². The summed E-state index contributed by atoms with van der Waals surface area (Å²) in [6, 6.07) is 3.76. The zero-order chi connectivity index (χ0) is 11.7. The van der Waals surface area contributed by atoms with E-state index in [1.165, 1.54) is 0 Å². The lowest BCUT2D eigenvalue weighted by molar-refractivity contribution is 0.546. The average Bonchev–Trinajstić information content (AvgIpc) is 2.78. The van der Waals surface area contributed by atoms with E-state index in [-0.39, 0.29) is 0 Å². The summed E-state index contributed by atoms with van der Waals surface area (Å²) in [4.78, 5) is 4.44. The molecule has 0 radical (unpaired) electrons. The first kappa shape index (κ1) is 11.2. The molecule has 0 bridgehead atoms. The maximum absolute atomic E-state index is 6.19. The molecule has 0 saturated heterocycles. The smallest absolute Gasteiger partial charge is 0.155 e. The highest BCUT2D eigenvalue weighted by atomic mass is 35.5. The van der Waals surface area contributed by atoms with Crippen molar-refractivity contribution in [1.29, 1.82) is 0 Å². The molecular weight excluding hydrogens is 226 g/mol. The molecule has 2 aromatic rings. The van der Waals surface area contributed by atoms with Gasteiger partial charge in [-0.25, -0.2) is 4.98 Å². The first-order chi connectivity index (χ1) is 7.63. The van der Waals surface area contributed by atoms with Crippen molar-refractivity contribution in [2.24, 2.45) is 12.8 Å². The number of halogens is 1. The number of aryl methyl sites for hydroxylation is 1. The van der Waals surface area contributed by atoms with Gasteiger partial charge in [0.25, 0.3) is 0 Å². The van der Waals surface area contributed by atoms with Crippen molar-refractivity contribution >= 4 is 11.6 Å². The highest BCUT2D eigenvalue weighted by Crippen LogP contribution is 2.29. The van der Waals surface area contributed by atoms with E-state index in [2.05, 4.69) is 4.98 Å². The van der Waals surface area contributed by atoms with Gasteiger partial charge in [0.1, 0.15) is 22.4 Å². The Morgan fingerprint density at radius 3 is 2.81 bits per heavy atom. The van der Waals surface area contributed by atoms with Crippen LogP contribution in [0.1, 0.15) is 11.6 Å². The standard InChI is InChI=1S/C11H14ClN3O/c1-7-3-4-8(16-7)10-11(12)15(2)9(14-10)5-6-13/h3-4H,5-6,13H2,1-2H3. The van der Waals surface area contributed by atoms with Gasteiger partial charge >= 0.3 is 0 Å². The molecule has 86 valence electrons. The lowest BCUT2D eigenvalue weighted by Gasteiger charge is -1.98. The monoisotopic (exact) mass is 239 g/mol. The molecule has 0 amide bonds. The van der Waals surface area contributed by atoms with Gasteiger partial charge in [0.05, 0.1) is 0 Å². The maximum Gasteiger partial charge on any atom is 0.155 e. The van der Waals surface area contributed by atoms with Crippen LogP contribution in [0.25, 0.3) is 11.5 Å². The normalized spacial score (nSPS) is 11.0. The topological polar surface area (TPSA) is 57.0 Å². The van der Waals surface area contributed by atoms with Gasteiger partial charge in [0.15, 0.2) is 5.76 Å². The van der Waals surface area contributed by atoms with Crippen LogP contribution in [0.4, 0.5) is 0 Å². The van der Waals surface area contributed by atoms with Crippen molar-refractivity contribution in [3.05, 3.63) is 28.9 Å². The summed E-state index contributed by atoms with van der Waals surface area (Å²) in [5, 5.41) is 0.581. The lowest BCUT2D eigenvalue weighted by atomic mass is 10.3. The molecule has 16 heavy (non-hydrogen) atoms. The van der Waals surface area contributed by atoms with Crippen LogP contribution in [0.15, 0.2) is 16.5 Å². The molecule has 0 spiro atoms. The summed E-state index contributed by atoms with van der Waals surface area (Å²) < 4.78 is 7.34. The van der Waals surface area contributed by atoms with Crippen LogP contribution in [-0.4, -0.2) is 16.1 Å². The van der Waals surface area contributed by atoms with E-state index >= 15 is 0 Å². The minimum atomic E-state index is 0.553. The molecule has 0 unspecified atom stereocenters. The van der Waals surface area contributed by atoms with Gasteiger partial charge in [-0.2, -0.15) is 0 Å². The van der Waals surface area contributed by atoms with E-state index in [0.29, 0.717) is 29.6 Å². The van der Waals surface area contributed by atoms with Crippen molar-refractivity contribution in [2.75, 3.05) is 6.54 Å². The Labute approximate surface area is 99.0 Å². The van der Waals surface area contributed by atoms with Crippen LogP contribution in [0, 0.1) is 6.92 Å². The summed E-state index contributed by atoms with van der Waals surface area (Å²) in [6.07, 6.45) is 0.704. The Bertz CT molecular complexity index is 501. The molecule has 2 aromatic heterocycles. The number of imidazole rings is 1. The second-order valence-corrected chi connectivity index (χ2v) is 4.03. The summed E-state index contributed by atoms with van der Waals surface area (Å²) in [5.74, 6) is 2.41. The Morgan fingerprint density at radius 2 is 2.25 bits per heavy atom. The fourth-order valence-electron chi connectivity index (χ4n) is 1.59. The van der Waals surface area contributed by atoms with E-state index in [4.69, 9.17) is 21.8 Å². The van der Waals surface area contributed by atoms with Gasteiger partial charge in [0, 0.05) is 13.5 Å². The molecule has 4 nitrogen and oxygen atoms in total. The minimum Gasteiger partial charge on any atom is -0.460 e. The second-order valence-electron chi connectivity index (χ2n) is 3.68. The highest BCUT2D eigenvalue weighted by Gasteiger charge is 2.16. The van der Waals surface area contributed by atoms with Crippen molar-refractivity contribution in [1.82, 2.24) is 9.55 Å². The summed E-state index contributed by atoms with van der Waals surface area (Å²) in [5.41, 5.74) is 6.19. The fraction of sp³-hybridized carbons (Fsp3) is 0.364. The number of hydrogen-bond donors (Lipinski definition) is 1. The van der Waals surface area contributed by atoms with Crippen LogP contribution >= 0.6 is 11.6 Å². The van der Waals surface area contributed by atoms with Crippen molar-refractivity contribution in [3.63, 3.8) is 0 Å². The number of hydrogen-bond acceptors (Lipinski definition) is 3. The number of furan rings is 1. The molecule has 5 heteroatoms. The molecule has 0 aromatic carbocycles. The molecule has 2 rings (SSSR count). The van der Waals surface area contributed by atoms with Crippen molar-refractivity contribution in [3.8, 4) is 11.5 Å². The van der Waals surface area contributed by atoms with E-state index in [1.807, 2.05) is 30.7 Å². The third-order valence-corrected chi connectivity index (χ3v) is 2.89. The van der Waals surface area contributed by atoms with Crippen molar-refractivity contribution in [2.45, 2.75) is 13.3 Å². The molecule has 0 saturated carbocycles. The summed E-state index contributed by atoms with van der Waals surface area (Å²) >= 11 is 6.19. The average molecular weight is 240 g/mol. The lowest BCUT2D eigenvalue weighted by Crippen LogP contribution is -2.07. The Morgan fingerprint density at radius 1 is 1.50 bits per heavy atom. The van der Waals surface area contributed by atoms with Gasteiger partial charge in [-0.1, -0.05) is 11.6 Å². The van der Waals surface area contributed by atoms with Gasteiger partial charge in [-0.15, -0.1) is 0 Å². The van der Waals surface area contributed by atoms with Gasteiger partial charge in [-0.05, 0) is 25.6 Å². The van der Waals surface area contributed by atoms with Crippen LogP contribution in [0.3, 0.4) is 0 Å². The second kappa shape index (κ2) is 4.31. The fourth-order valence-corrected chi connectivity index (χ4v) is 1.83. The van der Waals surface area contributed by atoms with Crippen LogP contribution in [-0.2, 0) is 13.5 Å². The minimum absolute atomic E-state index is 0.553. The zero-order valence-corrected chi connectivity index (χ0v) is 10.1. The predicted octanol–water partition coefficient (Wildman–Crippen LogP) is 2.14. The molecule has 0 aliphatic carbocycles. The number of rotatable bonds is 3. The molecular formula is C11H14ClN3O. The third-order valence-electron chi connectivity index (χ3n) is 2.46. The third kappa shape index (κ3) is 1.86. The summed E-state index contributed by atoms with van der Waals surface area (Å²) in [7, 11) is 1.87. The molecule has 2 N–H and O–H groups in total. The molecule has 0 aliphatic heterocycles. The Hall–Kier alpha value is -1.26. The predicted molar refractivity (Wildman–Crippen MR) is 63.4 cm³/mol. The largest absolute Gasteiger partial charge is 0.460 e. The molecule has 0 fully saturated rings. The number of nitrogens with two attached hydrogens (primary N) is 1. The van der Waals surface area contributed by atoms with Gasteiger partial charge in [-0.3, -0.25) is 0 Å². The quantitative estimate of drug-likeness (QED) is 0.893. The number of aromatic nitrogens is 2. The van der Waals surface area contributed by atoms with Gasteiger partial charge in [0.2, 0.25) is 0 Å². The van der Waals surface area contributed by atoms with Crippen LogP contribution in [0.5, 0.6) is 0 Å². The Balaban J connectivity index is 2.45. The Kier molecular flexibility index (Phi) is 3.03. The highest BCUT2D eigenvalue weighted by molar-refractivity contribution is 6.32. The van der Waals surface area contributed by atoms with E-state index in [9.17, 15) is 0 Å². The zero-order valence-electron chi connectivity index (χ0n) is 9.33.